The summed E-state index contributed by atoms with van der Waals surface area (Å²) in [6, 6.07) is 3.59. The fourth-order valence-corrected chi connectivity index (χ4v) is 5.80. The molecule has 6 nitrogen and oxygen atoms in total. The lowest BCUT2D eigenvalue weighted by molar-refractivity contribution is 0.102. The Balaban J connectivity index is 1.48. The van der Waals surface area contributed by atoms with Crippen LogP contribution >= 0.6 is 23.1 Å². The molecule has 1 aliphatic carbocycles. The van der Waals surface area contributed by atoms with E-state index in [0.29, 0.717) is 21.5 Å². The van der Waals surface area contributed by atoms with Crippen molar-refractivity contribution in [3.8, 4) is 0 Å². The van der Waals surface area contributed by atoms with Crippen LogP contribution in [0.4, 0.5) is 5.13 Å². The third-order valence-electron chi connectivity index (χ3n) is 5.39. The third-order valence-corrected chi connectivity index (χ3v) is 7.46. The van der Waals surface area contributed by atoms with Crippen LogP contribution in [-0.4, -0.2) is 21.0 Å². The molecule has 1 amide bonds. The molecule has 0 fully saturated rings. The van der Waals surface area contributed by atoms with Gasteiger partial charge in [0, 0.05) is 22.4 Å². The minimum absolute atomic E-state index is 0.169. The number of hydrogen-bond donors (Lipinski definition) is 1. The Morgan fingerprint density at radius 2 is 2.28 bits per heavy atom. The summed E-state index contributed by atoms with van der Waals surface area (Å²) in [5.41, 5.74) is 3.62. The highest BCUT2D eigenvalue weighted by atomic mass is 32.2. The minimum Gasteiger partial charge on any atom is -0.361 e. The molecule has 0 saturated carbocycles. The Hall–Kier alpha value is -2.19. The number of nitrogens with one attached hydrogen (secondary N) is 1. The molecule has 1 aliphatic rings. The van der Waals surface area contributed by atoms with Crippen molar-refractivity contribution < 1.29 is 9.32 Å². The summed E-state index contributed by atoms with van der Waals surface area (Å²) in [5.74, 6) is 2.02. The highest BCUT2D eigenvalue weighted by Crippen LogP contribution is 2.34. The number of rotatable bonds is 6. The molecule has 3 aromatic rings. The Morgan fingerprint density at radius 1 is 1.41 bits per heavy atom. The van der Waals surface area contributed by atoms with Gasteiger partial charge in [0.15, 0.2) is 5.13 Å². The van der Waals surface area contributed by atoms with E-state index in [4.69, 9.17) is 4.52 Å². The molecule has 1 N–H and O–H groups in total. The molecule has 0 radical (unpaired) electrons. The zero-order valence-electron chi connectivity index (χ0n) is 16.8. The fourth-order valence-electron chi connectivity index (χ4n) is 3.54. The molecular weight excluding hydrogens is 404 g/mol. The van der Waals surface area contributed by atoms with Gasteiger partial charge in [0.1, 0.15) is 10.8 Å². The maximum absolute atomic E-state index is 12.9. The standard InChI is InChI=1S/C21H24N4O2S2/c1-4-14-7-8-17-18(10-14)29-21(23-17)24-19(26)15-6-5-9-22-20(15)28-11-16-12(2)25-27-13(16)3/h5-6,9,14H,4,7-8,10-11H2,1-3H3,(H,23,24,26). The van der Waals surface area contributed by atoms with E-state index in [1.54, 1.807) is 29.7 Å². The topological polar surface area (TPSA) is 80.9 Å². The Morgan fingerprint density at radius 3 is 3.03 bits per heavy atom. The van der Waals surface area contributed by atoms with Crippen molar-refractivity contribution in [3.05, 3.63) is 51.5 Å². The number of hydrogen-bond acceptors (Lipinski definition) is 7. The maximum Gasteiger partial charge on any atom is 0.260 e. The molecule has 0 bridgehead atoms. The van der Waals surface area contributed by atoms with Crippen molar-refractivity contribution in [1.82, 2.24) is 15.1 Å². The van der Waals surface area contributed by atoms with E-state index in [1.807, 2.05) is 13.8 Å². The van der Waals surface area contributed by atoms with Gasteiger partial charge in [-0.25, -0.2) is 9.97 Å². The molecule has 0 saturated heterocycles. The first-order chi connectivity index (χ1) is 14.0. The molecular formula is C21H24N4O2S2. The molecule has 8 heteroatoms. The van der Waals surface area contributed by atoms with Crippen molar-refractivity contribution in [1.29, 1.82) is 0 Å². The molecule has 1 unspecified atom stereocenters. The van der Waals surface area contributed by atoms with E-state index >= 15 is 0 Å². The monoisotopic (exact) mass is 428 g/mol. The number of thiazole rings is 1. The van der Waals surface area contributed by atoms with E-state index < -0.39 is 0 Å². The van der Waals surface area contributed by atoms with Gasteiger partial charge in [-0.1, -0.05) is 18.5 Å². The van der Waals surface area contributed by atoms with Crippen molar-refractivity contribution in [2.75, 3.05) is 5.32 Å². The number of fused-ring (bicyclic) bond motifs is 1. The van der Waals surface area contributed by atoms with Crippen LogP contribution < -0.4 is 5.32 Å². The van der Waals surface area contributed by atoms with Gasteiger partial charge in [-0.15, -0.1) is 23.1 Å². The van der Waals surface area contributed by atoms with Crippen LogP contribution in [0.3, 0.4) is 0 Å². The van der Waals surface area contributed by atoms with Gasteiger partial charge in [-0.05, 0) is 51.2 Å². The van der Waals surface area contributed by atoms with Crippen molar-refractivity contribution in [3.63, 3.8) is 0 Å². The second-order valence-electron chi connectivity index (χ2n) is 7.31. The lowest BCUT2D eigenvalue weighted by Gasteiger charge is -2.18. The summed E-state index contributed by atoms with van der Waals surface area (Å²) in [7, 11) is 0. The van der Waals surface area contributed by atoms with Crippen molar-refractivity contribution in [2.45, 2.75) is 57.2 Å². The van der Waals surface area contributed by atoms with Crippen LogP contribution in [0.5, 0.6) is 0 Å². The summed E-state index contributed by atoms with van der Waals surface area (Å²) in [6.45, 7) is 6.06. The lowest BCUT2D eigenvalue weighted by Crippen LogP contribution is -2.14. The lowest BCUT2D eigenvalue weighted by atomic mass is 9.89. The quantitative estimate of drug-likeness (QED) is 0.543. The average molecular weight is 429 g/mol. The highest BCUT2D eigenvalue weighted by Gasteiger charge is 2.23. The van der Waals surface area contributed by atoms with Crippen LogP contribution in [0.15, 0.2) is 27.9 Å². The normalized spacial score (nSPS) is 15.9. The summed E-state index contributed by atoms with van der Waals surface area (Å²) in [5, 5.41) is 8.35. The van der Waals surface area contributed by atoms with E-state index in [0.717, 1.165) is 41.5 Å². The second kappa shape index (κ2) is 8.67. The Labute approximate surface area is 178 Å². The number of anilines is 1. The van der Waals surface area contributed by atoms with Crippen LogP contribution in [0.2, 0.25) is 0 Å². The molecule has 0 aromatic carbocycles. The van der Waals surface area contributed by atoms with Crippen molar-refractivity contribution >= 4 is 34.1 Å². The number of nitrogens with zero attached hydrogens (tertiary/aromatic N) is 3. The first kappa shape index (κ1) is 20.1. The Bertz CT molecular complexity index is 1010. The van der Waals surface area contributed by atoms with E-state index in [2.05, 4.69) is 27.4 Å². The first-order valence-electron chi connectivity index (χ1n) is 9.84. The van der Waals surface area contributed by atoms with Gasteiger partial charge in [0.05, 0.1) is 17.0 Å². The second-order valence-corrected chi connectivity index (χ2v) is 9.36. The van der Waals surface area contributed by atoms with Gasteiger partial charge in [0.25, 0.3) is 5.91 Å². The van der Waals surface area contributed by atoms with E-state index in [-0.39, 0.29) is 5.91 Å². The summed E-state index contributed by atoms with van der Waals surface area (Å²) in [6.07, 6.45) is 6.17. The number of amides is 1. The highest BCUT2D eigenvalue weighted by molar-refractivity contribution is 7.98. The smallest absolute Gasteiger partial charge is 0.260 e. The molecule has 29 heavy (non-hydrogen) atoms. The number of pyridine rings is 1. The zero-order chi connectivity index (χ0) is 20.4. The van der Waals surface area contributed by atoms with Gasteiger partial charge < -0.3 is 4.52 Å². The number of aromatic nitrogens is 3. The molecule has 0 aliphatic heterocycles. The van der Waals surface area contributed by atoms with Gasteiger partial charge >= 0.3 is 0 Å². The summed E-state index contributed by atoms with van der Waals surface area (Å²) in [4.78, 5) is 23.3. The van der Waals surface area contributed by atoms with E-state index in [9.17, 15) is 4.79 Å². The SMILES string of the molecule is CCC1CCc2nc(NC(=O)c3cccnc3SCc3c(C)noc3C)sc2C1. The van der Waals surface area contributed by atoms with Crippen LogP contribution in [0, 0.1) is 19.8 Å². The van der Waals surface area contributed by atoms with Gasteiger partial charge in [0.2, 0.25) is 0 Å². The first-order valence-corrected chi connectivity index (χ1v) is 11.6. The predicted molar refractivity (Wildman–Crippen MR) is 116 cm³/mol. The number of carbonyl (C=O) groups is 1. The predicted octanol–water partition coefficient (Wildman–Crippen LogP) is 5.20. The summed E-state index contributed by atoms with van der Waals surface area (Å²) >= 11 is 3.12. The van der Waals surface area contributed by atoms with Crippen LogP contribution in [-0.2, 0) is 18.6 Å². The number of aryl methyl sites for hydroxylation is 3. The average Bonchev–Trinajstić information content (AvgIpc) is 3.27. The minimum atomic E-state index is -0.169. The van der Waals surface area contributed by atoms with Gasteiger partial charge in [-0.2, -0.15) is 0 Å². The maximum atomic E-state index is 12.9. The fraction of sp³-hybridized carbons (Fsp3) is 0.429. The largest absolute Gasteiger partial charge is 0.361 e. The molecule has 0 spiro atoms. The molecule has 152 valence electrons. The summed E-state index contributed by atoms with van der Waals surface area (Å²) < 4.78 is 5.23. The molecule has 3 heterocycles. The molecule has 3 aromatic heterocycles. The Kier molecular flexibility index (Phi) is 6.01. The third kappa shape index (κ3) is 4.38. The molecule has 4 rings (SSSR count). The number of thioether (sulfide) groups is 1. The van der Waals surface area contributed by atoms with Crippen LogP contribution in [0.25, 0.3) is 0 Å². The number of carbonyl (C=O) groups excluding carboxylic acids is 1. The van der Waals surface area contributed by atoms with Crippen LogP contribution in [0.1, 0.15) is 57.7 Å². The zero-order valence-corrected chi connectivity index (χ0v) is 18.5. The van der Waals surface area contributed by atoms with Crippen molar-refractivity contribution in [2.24, 2.45) is 5.92 Å². The van der Waals surface area contributed by atoms with Gasteiger partial charge in [-0.3, -0.25) is 10.1 Å². The van der Waals surface area contributed by atoms with E-state index in [1.165, 1.54) is 29.5 Å². The molecule has 1 atom stereocenters.